The number of aromatic nitrogens is 3. The summed E-state index contributed by atoms with van der Waals surface area (Å²) in [6.07, 6.45) is 5.69. The molecule has 3 aromatic carbocycles. The molecular formula is C34H37N5O2S. The molecule has 1 aliphatic heterocycles. The van der Waals surface area contributed by atoms with Crippen LogP contribution in [0.5, 0.6) is 0 Å². The Hall–Kier alpha value is -4.17. The zero-order valence-electron chi connectivity index (χ0n) is 24.2. The average molecular weight is 580 g/mol. The second-order valence-electron chi connectivity index (χ2n) is 10.6. The van der Waals surface area contributed by atoms with Crippen molar-refractivity contribution in [1.29, 1.82) is 0 Å². The van der Waals surface area contributed by atoms with Crippen molar-refractivity contribution in [2.45, 2.75) is 44.3 Å². The number of carbonyl (C=O) groups is 2. The van der Waals surface area contributed by atoms with E-state index in [9.17, 15) is 9.59 Å². The molecule has 5 rings (SSSR count). The highest BCUT2D eigenvalue weighted by Gasteiger charge is 2.28. The van der Waals surface area contributed by atoms with Crippen LogP contribution in [0.15, 0.2) is 96.2 Å². The van der Waals surface area contributed by atoms with Gasteiger partial charge in [0.2, 0.25) is 11.8 Å². The Kier molecular flexibility index (Phi) is 9.87. The van der Waals surface area contributed by atoms with E-state index in [0.29, 0.717) is 26.1 Å². The third-order valence-electron chi connectivity index (χ3n) is 7.45. The van der Waals surface area contributed by atoms with Crippen LogP contribution in [0.2, 0.25) is 0 Å². The van der Waals surface area contributed by atoms with Gasteiger partial charge in [-0.2, -0.15) is 0 Å². The van der Waals surface area contributed by atoms with E-state index >= 15 is 0 Å². The van der Waals surface area contributed by atoms with E-state index < -0.39 is 0 Å². The van der Waals surface area contributed by atoms with Gasteiger partial charge in [0, 0.05) is 55.2 Å². The zero-order valence-corrected chi connectivity index (χ0v) is 25.0. The number of nitrogens with zero attached hydrogens (tertiary/aromatic N) is 5. The van der Waals surface area contributed by atoms with Crippen molar-refractivity contribution in [2.75, 3.05) is 25.4 Å². The molecule has 7 nitrogen and oxygen atoms in total. The fraction of sp³-hybridized carbons (Fsp3) is 0.294. The van der Waals surface area contributed by atoms with Crippen molar-refractivity contribution in [3.63, 3.8) is 0 Å². The number of thioether (sulfide) groups is 1. The minimum atomic E-state index is -0.0155. The van der Waals surface area contributed by atoms with E-state index in [2.05, 4.69) is 58.1 Å². The smallest absolute Gasteiger partial charge is 0.246 e. The van der Waals surface area contributed by atoms with Crippen molar-refractivity contribution >= 4 is 29.7 Å². The molecule has 0 bridgehead atoms. The quantitative estimate of drug-likeness (QED) is 0.126. The van der Waals surface area contributed by atoms with Gasteiger partial charge < -0.3 is 9.80 Å². The largest absolute Gasteiger partial charge is 0.339 e. The van der Waals surface area contributed by atoms with Gasteiger partial charge in [-0.1, -0.05) is 90.1 Å². The van der Waals surface area contributed by atoms with Crippen molar-refractivity contribution in [3.05, 3.63) is 102 Å². The van der Waals surface area contributed by atoms with Crippen molar-refractivity contribution < 1.29 is 9.59 Å². The van der Waals surface area contributed by atoms with Gasteiger partial charge in [-0.05, 0) is 50.5 Å². The summed E-state index contributed by atoms with van der Waals surface area (Å²) in [5, 5.41) is 9.90. The number of benzene rings is 3. The summed E-state index contributed by atoms with van der Waals surface area (Å²) in [7, 11) is 0. The first-order valence-electron chi connectivity index (χ1n) is 14.5. The summed E-state index contributed by atoms with van der Waals surface area (Å²) in [6, 6.07) is 28.3. The highest BCUT2D eigenvalue weighted by atomic mass is 32.2. The highest BCUT2D eigenvalue weighted by Crippen LogP contribution is 2.29. The molecule has 0 N–H and O–H groups in total. The third kappa shape index (κ3) is 7.36. The molecule has 1 aromatic heterocycles. The number of hydrogen-bond acceptors (Lipinski definition) is 5. The van der Waals surface area contributed by atoms with Gasteiger partial charge >= 0.3 is 0 Å². The van der Waals surface area contributed by atoms with Gasteiger partial charge in [-0.15, -0.1) is 10.2 Å². The number of rotatable bonds is 10. The lowest BCUT2D eigenvalue weighted by atomic mass is 10.1. The SMILES string of the molecule is Cc1ccc(-c2nnc(SCCCCC(=O)N3CCN(C(=O)/C=C/c4ccccc4)C(C)C3)n2-c2ccccc2)cc1. The fourth-order valence-electron chi connectivity index (χ4n) is 5.10. The molecule has 0 saturated carbocycles. The van der Waals surface area contributed by atoms with Crippen LogP contribution < -0.4 is 0 Å². The van der Waals surface area contributed by atoms with E-state index in [1.165, 1.54) is 5.56 Å². The maximum absolute atomic E-state index is 13.0. The number of carbonyl (C=O) groups excluding carboxylic acids is 2. The molecule has 216 valence electrons. The molecule has 1 unspecified atom stereocenters. The highest BCUT2D eigenvalue weighted by molar-refractivity contribution is 7.99. The molecule has 1 saturated heterocycles. The minimum absolute atomic E-state index is 0.00985. The number of aryl methyl sites for hydroxylation is 1. The van der Waals surface area contributed by atoms with Crippen molar-refractivity contribution in [3.8, 4) is 17.1 Å². The second-order valence-corrected chi connectivity index (χ2v) is 11.7. The summed E-state index contributed by atoms with van der Waals surface area (Å²) in [6.45, 7) is 5.79. The summed E-state index contributed by atoms with van der Waals surface area (Å²) in [4.78, 5) is 29.5. The predicted octanol–water partition coefficient (Wildman–Crippen LogP) is 6.28. The molecule has 2 amide bonds. The lowest BCUT2D eigenvalue weighted by Gasteiger charge is -2.39. The standard InChI is InChI=1S/C34H37N5O2S/c1-26-16-19-29(20-17-26)33-35-36-34(39(33)30-13-7-4-8-14-30)42-24-10-9-15-31(40)37-22-23-38(27(2)25-37)32(41)21-18-28-11-5-3-6-12-28/h3-8,11-14,16-21,27H,9-10,15,22-25H2,1-2H3/b21-18+. The van der Waals surface area contributed by atoms with Gasteiger partial charge in [0.25, 0.3) is 0 Å². The summed E-state index contributed by atoms with van der Waals surface area (Å²) in [5.41, 5.74) is 4.25. The maximum atomic E-state index is 13.0. The zero-order chi connectivity index (χ0) is 29.3. The van der Waals surface area contributed by atoms with Crippen molar-refractivity contribution in [2.24, 2.45) is 0 Å². The topological polar surface area (TPSA) is 71.3 Å². The predicted molar refractivity (Wildman–Crippen MR) is 169 cm³/mol. The fourth-order valence-corrected chi connectivity index (χ4v) is 6.05. The normalized spacial score (nSPS) is 15.3. The van der Waals surface area contributed by atoms with E-state index in [1.807, 2.05) is 71.3 Å². The number of piperazine rings is 1. The van der Waals surface area contributed by atoms with Gasteiger partial charge in [-0.3, -0.25) is 14.2 Å². The van der Waals surface area contributed by atoms with E-state index in [1.54, 1.807) is 17.8 Å². The Labute approximate surface area is 252 Å². The van der Waals surface area contributed by atoms with Gasteiger partial charge in [0.1, 0.15) is 0 Å². The van der Waals surface area contributed by atoms with Crippen molar-refractivity contribution in [1.82, 2.24) is 24.6 Å². The van der Waals surface area contributed by atoms with Crippen LogP contribution in [-0.2, 0) is 9.59 Å². The van der Waals surface area contributed by atoms with Crippen LogP contribution in [0, 0.1) is 6.92 Å². The average Bonchev–Trinajstić information content (AvgIpc) is 3.44. The summed E-state index contributed by atoms with van der Waals surface area (Å²) < 4.78 is 2.11. The van der Waals surface area contributed by atoms with Gasteiger partial charge in [0.05, 0.1) is 0 Å². The Balaban J connectivity index is 1.10. The number of hydrogen-bond donors (Lipinski definition) is 0. The van der Waals surface area contributed by atoms with Crippen LogP contribution in [0.25, 0.3) is 23.2 Å². The molecule has 0 aliphatic carbocycles. The molecular weight excluding hydrogens is 542 g/mol. The minimum Gasteiger partial charge on any atom is -0.339 e. The Bertz CT molecular complexity index is 1500. The molecule has 42 heavy (non-hydrogen) atoms. The monoisotopic (exact) mass is 579 g/mol. The van der Waals surface area contributed by atoms with Crippen LogP contribution >= 0.6 is 11.8 Å². The Morgan fingerprint density at radius 1 is 0.905 bits per heavy atom. The number of unbranched alkanes of at least 4 members (excludes halogenated alkanes) is 1. The molecule has 1 atom stereocenters. The summed E-state index contributed by atoms with van der Waals surface area (Å²) in [5.74, 6) is 1.82. The first-order valence-corrected chi connectivity index (χ1v) is 15.5. The molecule has 0 radical (unpaired) electrons. The van der Waals surface area contributed by atoms with E-state index in [0.717, 1.165) is 46.4 Å². The third-order valence-corrected chi connectivity index (χ3v) is 8.47. The molecule has 4 aromatic rings. The maximum Gasteiger partial charge on any atom is 0.246 e. The second kappa shape index (κ2) is 14.1. The first-order chi connectivity index (χ1) is 20.5. The lowest BCUT2D eigenvalue weighted by molar-refractivity contribution is -0.139. The Morgan fingerprint density at radius 2 is 1.62 bits per heavy atom. The van der Waals surface area contributed by atoms with Crippen LogP contribution in [0.4, 0.5) is 0 Å². The number of amides is 2. The summed E-state index contributed by atoms with van der Waals surface area (Å²) >= 11 is 1.67. The molecule has 0 spiro atoms. The van der Waals surface area contributed by atoms with E-state index in [-0.39, 0.29) is 17.9 Å². The van der Waals surface area contributed by atoms with Crippen LogP contribution in [0.3, 0.4) is 0 Å². The molecule has 8 heteroatoms. The number of para-hydroxylation sites is 1. The van der Waals surface area contributed by atoms with Crippen LogP contribution in [-0.4, -0.2) is 67.8 Å². The van der Waals surface area contributed by atoms with Crippen LogP contribution in [0.1, 0.15) is 37.3 Å². The van der Waals surface area contributed by atoms with E-state index in [4.69, 9.17) is 0 Å². The van der Waals surface area contributed by atoms with Gasteiger partial charge in [0.15, 0.2) is 11.0 Å². The molecule has 2 heterocycles. The lowest BCUT2D eigenvalue weighted by Crippen LogP contribution is -2.55. The van der Waals surface area contributed by atoms with Gasteiger partial charge in [-0.25, -0.2) is 0 Å². The molecule has 1 fully saturated rings. The first kappa shape index (κ1) is 29.3. The molecule has 1 aliphatic rings. The Morgan fingerprint density at radius 3 is 2.33 bits per heavy atom.